The average molecular weight is 267 g/mol. The van der Waals surface area contributed by atoms with E-state index in [-0.39, 0.29) is 0 Å². The van der Waals surface area contributed by atoms with Crippen molar-refractivity contribution in [3.05, 3.63) is 71.8 Å². The Morgan fingerprint density at radius 2 is 1.40 bits per heavy atom. The molecule has 0 radical (unpaired) electrons. The lowest BCUT2D eigenvalue weighted by Crippen LogP contribution is -2.36. The molecular weight excluding hydrogens is 246 g/mol. The zero-order valence-electron chi connectivity index (χ0n) is 11.7. The molecule has 1 heterocycles. The lowest BCUT2D eigenvalue weighted by molar-refractivity contribution is -0.0132. The summed E-state index contributed by atoms with van der Waals surface area (Å²) in [6.07, 6.45) is 1.77. The third-order valence-corrected chi connectivity index (χ3v) is 4.24. The van der Waals surface area contributed by atoms with E-state index in [1.54, 1.807) is 0 Å². The number of hydrogen-bond donors (Lipinski definition) is 1. The number of hydrogen-bond acceptors (Lipinski definition) is 2. The summed E-state index contributed by atoms with van der Waals surface area (Å²) < 4.78 is 0. The normalized spacial score (nSPS) is 18.9. The summed E-state index contributed by atoms with van der Waals surface area (Å²) in [6, 6.07) is 20.7. The van der Waals surface area contributed by atoms with Crippen molar-refractivity contribution in [1.29, 1.82) is 0 Å². The number of aliphatic hydroxyl groups is 1. The van der Waals surface area contributed by atoms with Gasteiger partial charge in [-0.25, -0.2) is 0 Å². The van der Waals surface area contributed by atoms with Gasteiger partial charge in [0.1, 0.15) is 6.23 Å². The highest BCUT2D eigenvalue weighted by atomic mass is 16.3. The van der Waals surface area contributed by atoms with Crippen LogP contribution in [-0.4, -0.2) is 23.1 Å². The summed E-state index contributed by atoms with van der Waals surface area (Å²) in [5.41, 5.74) is 2.42. The van der Waals surface area contributed by atoms with Gasteiger partial charge in [0.25, 0.3) is 0 Å². The molecule has 0 spiro atoms. The number of nitrogens with zero attached hydrogens (tertiary/aromatic N) is 1. The summed E-state index contributed by atoms with van der Waals surface area (Å²) in [5.74, 6) is 0.635. The average Bonchev–Trinajstić information content (AvgIpc) is 2.56. The van der Waals surface area contributed by atoms with E-state index in [1.807, 2.05) is 30.3 Å². The second-order valence-electron chi connectivity index (χ2n) is 5.51. The van der Waals surface area contributed by atoms with E-state index >= 15 is 0 Å². The van der Waals surface area contributed by atoms with Gasteiger partial charge in [-0.05, 0) is 29.9 Å². The molecule has 104 valence electrons. The Hall–Kier alpha value is -1.64. The topological polar surface area (TPSA) is 23.5 Å². The molecule has 1 unspecified atom stereocenters. The van der Waals surface area contributed by atoms with Crippen molar-refractivity contribution in [3.63, 3.8) is 0 Å². The van der Waals surface area contributed by atoms with Gasteiger partial charge in [-0.15, -0.1) is 0 Å². The summed E-state index contributed by atoms with van der Waals surface area (Å²) in [7, 11) is 0. The Balaban J connectivity index is 1.61. The van der Waals surface area contributed by atoms with Crippen LogP contribution in [0.3, 0.4) is 0 Å². The molecule has 1 atom stereocenters. The molecule has 20 heavy (non-hydrogen) atoms. The third kappa shape index (κ3) is 2.92. The van der Waals surface area contributed by atoms with Gasteiger partial charge in [0.05, 0.1) is 0 Å². The highest BCUT2D eigenvalue weighted by Gasteiger charge is 2.25. The van der Waals surface area contributed by atoms with Crippen molar-refractivity contribution in [3.8, 4) is 0 Å². The molecule has 3 rings (SSSR count). The van der Waals surface area contributed by atoms with Crippen molar-refractivity contribution >= 4 is 0 Å². The van der Waals surface area contributed by atoms with Gasteiger partial charge >= 0.3 is 0 Å². The first-order valence-corrected chi connectivity index (χ1v) is 7.36. The van der Waals surface area contributed by atoms with E-state index in [4.69, 9.17) is 0 Å². The maximum Gasteiger partial charge on any atom is 0.133 e. The largest absolute Gasteiger partial charge is 0.374 e. The molecule has 2 heteroatoms. The van der Waals surface area contributed by atoms with Crippen LogP contribution in [0.2, 0.25) is 0 Å². The summed E-state index contributed by atoms with van der Waals surface area (Å²) >= 11 is 0. The van der Waals surface area contributed by atoms with Crippen LogP contribution in [0.25, 0.3) is 0 Å². The van der Waals surface area contributed by atoms with Crippen LogP contribution in [0.5, 0.6) is 0 Å². The quantitative estimate of drug-likeness (QED) is 0.919. The van der Waals surface area contributed by atoms with Gasteiger partial charge < -0.3 is 5.11 Å². The van der Waals surface area contributed by atoms with Crippen LogP contribution in [0.4, 0.5) is 0 Å². The zero-order valence-corrected chi connectivity index (χ0v) is 11.7. The maximum atomic E-state index is 10.4. The van der Waals surface area contributed by atoms with E-state index < -0.39 is 6.23 Å². The minimum Gasteiger partial charge on any atom is -0.374 e. The van der Waals surface area contributed by atoms with Gasteiger partial charge in [0.15, 0.2) is 0 Å². The summed E-state index contributed by atoms with van der Waals surface area (Å²) in [4.78, 5) is 2.18. The number of aliphatic hydroxyl groups excluding tert-OH is 1. The SMILES string of the molecule is OC(c1ccccc1)N1CCC(c2ccccc2)CC1. The van der Waals surface area contributed by atoms with Crippen LogP contribution in [0, 0.1) is 0 Å². The fourth-order valence-electron chi connectivity index (χ4n) is 3.04. The van der Waals surface area contributed by atoms with Gasteiger partial charge in [-0.2, -0.15) is 0 Å². The molecule has 1 aliphatic heterocycles. The lowest BCUT2D eigenvalue weighted by atomic mass is 9.89. The Morgan fingerprint density at radius 1 is 0.850 bits per heavy atom. The van der Waals surface area contributed by atoms with Crippen molar-refractivity contribution in [2.45, 2.75) is 25.0 Å². The van der Waals surface area contributed by atoms with Crippen LogP contribution in [-0.2, 0) is 0 Å². The van der Waals surface area contributed by atoms with E-state index in [2.05, 4.69) is 35.2 Å². The fourth-order valence-corrected chi connectivity index (χ4v) is 3.04. The number of likely N-dealkylation sites (tertiary alicyclic amines) is 1. The number of piperidine rings is 1. The van der Waals surface area contributed by atoms with E-state index in [1.165, 1.54) is 5.56 Å². The monoisotopic (exact) mass is 267 g/mol. The molecule has 2 aromatic carbocycles. The van der Waals surface area contributed by atoms with Crippen LogP contribution >= 0.6 is 0 Å². The summed E-state index contributed by atoms with van der Waals surface area (Å²) in [5, 5.41) is 10.4. The summed E-state index contributed by atoms with van der Waals surface area (Å²) in [6.45, 7) is 1.91. The Kier molecular flexibility index (Phi) is 4.14. The van der Waals surface area contributed by atoms with Crippen molar-refractivity contribution < 1.29 is 5.11 Å². The fraction of sp³-hybridized carbons (Fsp3) is 0.333. The van der Waals surface area contributed by atoms with Crippen molar-refractivity contribution in [2.75, 3.05) is 13.1 Å². The van der Waals surface area contributed by atoms with E-state index in [0.29, 0.717) is 5.92 Å². The minimum absolute atomic E-state index is 0.465. The second-order valence-corrected chi connectivity index (χ2v) is 5.51. The molecule has 1 saturated heterocycles. The highest BCUT2D eigenvalue weighted by Crippen LogP contribution is 2.31. The highest BCUT2D eigenvalue weighted by molar-refractivity contribution is 5.21. The standard InChI is InChI=1S/C18H21NO/c20-18(17-9-5-2-6-10-17)19-13-11-16(12-14-19)15-7-3-1-4-8-15/h1-10,16,18,20H,11-14H2. The van der Waals surface area contributed by atoms with E-state index in [0.717, 1.165) is 31.5 Å². The first kappa shape index (κ1) is 13.3. The Morgan fingerprint density at radius 3 is 2.00 bits per heavy atom. The second kappa shape index (κ2) is 6.21. The first-order chi connectivity index (χ1) is 9.84. The molecule has 1 N–H and O–H groups in total. The van der Waals surface area contributed by atoms with Crippen molar-refractivity contribution in [1.82, 2.24) is 4.90 Å². The van der Waals surface area contributed by atoms with Gasteiger partial charge in [-0.1, -0.05) is 60.7 Å². The smallest absolute Gasteiger partial charge is 0.133 e. The molecule has 0 saturated carbocycles. The molecular formula is C18H21NO. The Labute approximate surface area is 120 Å². The van der Waals surface area contributed by atoms with Crippen LogP contribution in [0.15, 0.2) is 60.7 Å². The van der Waals surface area contributed by atoms with Gasteiger partial charge in [-0.3, -0.25) is 4.90 Å². The van der Waals surface area contributed by atoms with Crippen LogP contribution < -0.4 is 0 Å². The predicted octanol–water partition coefficient (Wildman–Crippen LogP) is 3.56. The molecule has 0 aliphatic carbocycles. The molecule has 2 aromatic rings. The van der Waals surface area contributed by atoms with E-state index in [9.17, 15) is 5.11 Å². The first-order valence-electron chi connectivity index (χ1n) is 7.36. The zero-order chi connectivity index (χ0) is 13.8. The number of rotatable bonds is 3. The minimum atomic E-state index is -0.465. The van der Waals surface area contributed by atoms with Gasteiger partial charge in [0.2, 0.25) is 0 Å². The van der Waals surface area contributed by atoms with Gasteiger partial charge in [0, 0.05) is 13.1 Å². The molecule has 2 nitrogen and oxygen atoms in total. The molecule has 1 fully saturated rings. The third-order valence-electron chi connectivity index (χ3n) is 4.24. The molecule has 1 aliphatic rings. The molecule has 0 amide bonds. The number of benzene rings is 2. The predicted molar refractivity (Wildman–Crippen MR) is 81.4 cm³/mol. The molecule has 0 bridgehead atoms. The van der Waals surface area contributed by atoms with Crippen molar-refractivity contribution in [2.24, 2.45) is 0 Å². The lowest BCUT2D eigenvalue weighted by Gasteiger charge is -2.35. The molecule has 0 aromatic heterocycles. The Bertz CT molecular complexity index is 518. The maximum absolute atomic E-state index is 10.4. The van der Waals surface area contributed by atoms with Crippen LogP contribution in [0.1, 0.15) is 36.1 Å².